The van der Waals surface area contributed by atoms with Crippen molar-refractivity contribution in [3.63, 3.8) is 0 Å². The van der Waals surface area contributed by atoms with Gasteiger partial charge in [0, 0.05) is 25.4 Å². The van der Waals surface area contributed by atoms with Crippen molar-refractivity contribution < 1.29 is 18.7 Å². The van der Waals surface area contributed by atoms with Crippen molar-refractivity contribution >= 4 is 22.5 Å². The summed E-state index contributed by atoms with van der Waals surface area (Å²) >= 11 is 0. The van der Waals surface area contributed by atoms with Gasteiger partial charge in [0.1, 0.15) is 29.7 Å². The van der Waals surface area contributed by atoms with Crippen molar-refractivity contribution in [2.24, 2.45) is 0 Å². The fourth-order valence-corrected chi connectivity index (χ4v) is 4.67. The number of hydrogen-bond acceptors (Lipinski definition) is 7. The molecule has 0 saturated carbocycles. The van der Waals surface area contributed by atoms with E-state index in [1.165, 1.54) is 12.4 Å². The summed E-state index contributed by atoms with van der Waals surface area (Å²) in [4.78, 5) is 23.6. The van der Waals surface area contributed by atoms with Gasteiger partial charge in [-0.05, 0) is 83.0 Å². The number of anilines is 1. The van der Waals surface area contributed by atoms with Crippen molar-refractivity contribution in [1.82, 2.24) is 24.6 Å². The molecule has 1 aliphatic heterocycles. The van der Waals surface area contributed by atoms with Gasteiger partial charge >= 0.3 is 0 Å². The molecule has 1 N–H and O–H groups in total. The lowest BCUT2D eigenvalue weighted by Crippen LogP contribution is -2.35. The van der Waals surface area contributed by atoms with Crippen molar-refractivity contribution in [2.45, 2.75) is 58.6 Å². The molecule has 0 unspecified atom stereocenters. The first-order valence-corrected chi connectivity index (χ1v) is 13.5. The molecule has 3 heterocycles. The monoisotopic (exact) mass is 546 g/mol. The van der Waals surface area contributed by atoms with E-state index >= 15 is 4.39 Å². The van der Waals surface area contributed by atoms with Gasteiger partial charge in [-0.25, -0.2) is 14.4 Å². The zero-order valence-electron chi connectivity index (χ0n) is 23.6. The maximum atomic E-state index is 15.1. The van der Waals surface area contributed by atoms with Gasteiger partial charge in [0.25, 0.3) is 0 Å². The predicted molar refractivity (Wildman–Crippen MR) is 151 cm³/mol. The number of halogens is 1. The molecular formula is C30H35FN6O3. The zero-order valence-corrected chi connectivity index (χ0v) is 23.6. The smallest absolute Gasteiger partial charge is 0.230 e. The highest BCUT2D eigenvalue weighted by atomic mass is 19.1. The number of aryl methyl sites for hydroxylation is 1. The molecule has 0 bridgehead atoms. The van der Waals surface area contributed by atoms with Crippen LogP contribution in [0.2, 0.25) is 0 Å². The number of piperidine rings is 1. The summed E-state index contributed by atoms with van der Waals surface area (Å²) in [7, 11) is 2.11. The molecule has 5 rings (SSSR count). The van der Waals surface area contributed by atoms with Crippen molar-refractivity contribution in [3.8, 4) is 17.4 Å². The second-order valence-electron chi connectivity index (χ2n) is 11.4. The van der Waals surface area contributed by atoms with Gasteiger partial charge in [-0.15, -0.1) is 0 Å². The van der Waals surface area contributed by atoms with E-state index in [9.17, 15) is 4.79 Å². The average molecular weight is 547 g/mol. The van der Waals surface area contributed by atoms with Crippen LogP contribution in [0.4, 0.5) is 10.1 Å². The van der Waals surface area contributed by atoms with Crippen LogP contribution in [-0.2, 0) is 16.8 Å². The van der Waals surface area contributed by atoms with Crippen molar-refractivity contribution in [1.29, 1.82) is 0 Å². The third-order valence-electron chi connectivity index (χ3n) is 6.99. The molecule has 0 radical (unpaired) electrons. The quantitative estimate of drug-likeness (QED) is 0.328. The van der Waals surface area contributed by atoms with Gasteiger partial charge in [0.15, 0.2) is 0 Å². The molecule has 1 fully saturated rings. The summed E-state index contributed by atoms with van der Waals surface area (Å²) in [5.41, 5.74) is 1.99. The van der Waals surface area contributed by atoms with Crippen LogP contribution in [0.5, 0.6) is 17.4 Å². The van der Waals surface area contributed by atoms with Gasteiger partial charge in [-0.2, -0.15) is 5.10 Å². The van der Waals surface area contributed by atoms with E-state index in [-0.39, 0.29) is 29.5 Å². The summed E-state index contributed by atoms with van der Waals surface area (Å²) < 4.78 is 29.2. The van der Waals surface area contributed by atoms with Crippen molar-refractivity contribution in [3.05, 3.63) is 66.0 Å². The Morgan fingerprint density at radius 1 is 1.15 bits per heavy atom. The molecule has 1 aliphatic rings. The summed E-state index contributed by atoms with van der Waals surface area (Å²) in [6.45, 7) is 9.85. The molecule has 0 atom stereocenters. The molecule has 0 spiro atoms. The number of hydrogen-bond donors (Lipinski definition) is 1. The standard InChI is InChI=1S/C30H35FN6O3/c1-19-12-20(13-28(38)35-21-16-34-37(17-21)30(2,3)4)25(31)15-27(19)40-29-24-14-23(6-7-26(24)32-18-33-29)39-22-8-10-36(5)11-9-22/h6-7,12,14-18,22H,8-11,13H2,1-5H3,(H,35,38). The van der Waals surface area contributed by atoms with E-state index in [1.807, 2.05) is 45.9 Å². The Morgan fingerprint density at radius 2 is 1.93 bits per heavy atom. The molecule has 4 aromatic rings. The minimum absolute atomic E-state index is 0.123. The zero-order chi connectivity index (χ0) is 28.4. The maximum absolute atomic E-state index is 15.1. The first kappa shape index (κ1) is 27.5. The highest BCUT2D eigenvalue weighted by molar-refractivity contribution is 5.92. The minimum Gasteiger partial charge on any atom is -0.490 e. The van der Waals surface area contributed by atoms with Gasteiger partial charge in [0.2, 0.25) is 11.8 Å². The summed E-state index contributed by atoms with van der Waals surface area (Å²) in [5, 5.41) is 7.74. The lowest BCUT2D eigenvalue weighted by molar-refractivity contribution is -0.115. The number of amides is 1. The Kier molecular flexibility index (Phi) is 7.71. The van der Waals surface area contributed by atoms with Crippen LogP contribution in [0, 0.1) is 12.7 Å². The van der Waals surface area contributed by atoms with Gasteiger partial charge in [-0.1, -0.05) is 0 Å². The summed E-state index contributed by atoms with van der Waals surface area (Å²) in [6.07, 6.45) is 6.71. The lowest BCUT2D eigenvalue weighted by Gasteiger charge is -2.29. The van der Waals surface area contributed by atoms with Crippen LogP contribution in [0.25, 0.3) is 10.9 Å². The number of aromatic nitrogens is 4. The van der Waals surface area contributed by atoms with Gasteiger partial charge in [-0.3, -0.25) is 9.48 Å². The third-order valence-corrected chi connectivity index (χ3v) is 6.99. The molecule has 210 valence electrons. The van der Waals surface area contributed by atoms with E-state index in [4.69, 9.17) is 9.47 Å². The molecule has 1 amide bonds. The Morgan fingerprint density at radius 3 is 2.65 bits per heavy atom. The summed E-state index contributed by atoms with van der Waals surface area (Å²) in [6, 6.07) is 8.56. The van der Waals surface area contributed by atoms with Crippen LogP contribution in [0.1, 0.15) is 44.7 Å². The Bertz CT molecular complexity index is 1520. The number of benzene rings is 2. The average Bonchev–Trinajstić information content (AvgIpc) is 3.38. The molecule has 9 nitrogen and oxygen atoms in total. The maximum Gasteiger partial charge on any atom is 0.230 e. The number of carbonyl (C=O) groups excluding carboxylic acids is 1. The minimum atomic E-state index is -0.536. The summed E-state index contributed by atoms with van der Waals surface area (Å²) in [5.74, 6) is 0.474. The van der Waals surface area contributed by atoms with Gasteiger partial charge < -0.3 is 19.7 Å². The highest BCUT2D eigenvalue weighted by Gasteiger charge is 2.20. The molecular weight excluding hydrogens is 511 g/mol. The van der Waals surface area contributed by atoms with E-state index in [0.717, 1.165) is 31.7 Å². The number of ether oxygens (including phenoxy) is 2. The Balaban J connectivity index is 1.30. The van der Waals surface area contributed by atoms with E-state index < -0.39 is 5.82 Å². The molecule has 2 aromatic carbocycles. The number of rotatable bonds is 7. The topological polar surface area (TPSA) is 94.4 Å². The number of carbonyl (C=O) groups is 1. The lowest BCUT2D eigenvalue weighted by atomic mass is 10.1. The Labute approximate surface area is 233 Å². The second-order valence-corrected chi connectivity index (χ2v) is 11.4. The van der Waals surface area contributed by atoms with Crippen LogP contribution in [0.15, 0.2) is 49.1 Å². The fraction of sp³-hybridized carbons (Fsp3) is 0.400. The van der Waals surface area contributed by atoms with Crippen molar-refractivity contribution in [2.75, 3.05) is 25.5 Å². The number of nitrogens with zero attached hydrogens (tertiary/aromatic N) is 5. The largest absolute Gasteiger partial charge is 0.490 e. The normalized spacial score (nSPS) is 14.8. The number of likely N-dealkylation sites (tertiary alicyclic amines) is 1. The highest BCUT2D eigenvalue weighted by Crippen LogP contribution is 2.33. The number of fused-ring (bicyclic) bond motifs is 1. The fourth-order valence-electron chi connectivity index (χ4n) is 4.67. The first-order chi connectivity index (χ1) is 19.0. The van der Waals surface area contributed by atoms with Crippen LogP contribution in [0.3, 0.4) is 0 Å². The number of nitrogens with one attached hydrogen (secondary N) is 1. The van der Waals surface area contributed by atoms with Crippen LogP contribution >= 0.6 is 0 Å². The van der Waals surface area contributed by atoms with Crippen LogP contribution < -0.4 is 14.8 Å². The molecule has 1 saturated heterocycles. The Hall–Kier alpha value is -4.05. The van der Waals surface area contributed by atoms with E-state index in [0.29, 0.717) is 33.8 Å². The predicted octanol–water partition coefficient (Wildman–Crippen LogP) is 5.48. The molecule has 0 aliphatic carbocycles. The molecule has 2 aromatic heterocycles. The molecule has 40 heavy (non-hydrogen) atoms. The second kappa shape index (κ2) is 11.2. The van der Waals surface area contributed by atoms with Gasteiger partial charge in [0.05, 0.1) is 34.7 Å². The SMILES string of the molecule is Cc1cc(CC(=O)Nc2cnn(C(C)(C)C)c2)c(F)cc1Oc1ncnc2ccc(OC3CCN(C)CC3)cc12. The van der Waals surface area contributed by atoms with E-state index in [2.05, 4.69) is 32.3 Å². The first-order valence-electron chi connectivity index (χ1n) is 13.5. The third kappa shape index (κ3) is 6.39. The van der Waals surface area contributed by atoms with E-state index in [1.54, 1.807) is 23.1 Å². The molecule has 10 heteroatoms. The van der Waals surface area contributed by atoms with Crippen LogP contribution in [-0.4, -0.2) is 56.8 Å².